The number of amides is 1. The van der Waals surface area contributed by atoms with Gasteiger partial charge < -0.3 is 10.4 Å². The van der Waals surface area contributed by atoms with E-state index in [-0.39, 0.29) is 12.3 Å². The minimum Gasteiger partial charge on any atom is -0.480 e. The molecule has 1 aliphatic carbocycles. The summed E-state index contributed by atoms with van der Waals surface area (Å²) in [5.41, 5.74) is 1.07. The minimum absolute atomic E-state index is 0.243. The summed E-state index contributed by atoms with van der Waals surface area (Å²) in [6.07, 6.45) is 1.67. The lowest BCUT2D eigenvalue weighted by molar-refractivity contribution is -0.142. The Morgan fingerprint density at radius 2 is 1.83 bits per heavy atom. The summed E-state index contributed by atoms with van der Waals surface area (Å²) in [5, 5.41) is 12.7. The van der Waals surface area contributed by atoms with Crippen LogP contribution in [0.5, 0.6) is 0 Å². The molecule has 1 aliphatic rings. The van der Waals surface area contributed by atoms with Crippen molar-refractivity contribution in [2.45, 2.75) is 30.7 Å². The molecule has 0 spiro atoms. The van der Waals surface area contributed by atoms with Gasteiger partial charge >= 0.3 is 5.97 Å². The van der Waals surface area contributed by atoms with E-state index in [2.05, 4.69) is 5.32 Å². The van der Waals surface area contributed by atoms with Crippen LogP contribution in [0.4, 0.5) is 0 Å². The van der Waals surface area contributed by atoms with Crippen molar-refractivity contribution in [1.29, 1.82) is 0 Å². The summed E-state index contributed by atoms with van der Waals surface area (Å²) in [6, 6.07) is 15.5. The van der Waals surface area contributed by atoms with Crippen LogP contribution in [0, 0.1) is 0 Å². The zero-order valence-corrected chi connectivity index (χ0v) is 13.8. The van der Waals surface area contributed by atoms with E-state index in [9.17, 15) is 14.7 Å². The molecule has 0 saturated heterocycles. The first-order valence-corrected chi connectivity index (χ1v) is 8.23. The fourth-order valence-electron chi connectivity index (χ4n) is 2.90. The summed E-state index contributed by atoms with van der Waals surface area (Å²) in [7, 11) is 0. The van der Waals surface area contributed by atoms with Crippen molar-refractivity contribution in [3.8, 4) is 0 Å². The highest BCUT2D eigenvalue weighted by atomic mass is 35.5. The number of carbonyl (C=O) groups excluding carboxylic acids is 1. The number of aliphatic carboxylic acids is 1. The molecule has 124 valence electrons. The zero-order valence-electron chi connectivity index (χ0n) is 13.0. The average molecular weight is 344 g/mol. The van der Waals surface area contributed by atoms with Gasteiger partial charge in [0.2, 0.25) is 5.91 Å². The number of halogens is 1. The fourth-order valence-corrected chi connectivity index (χ4v) is 3.09. The second kappa shape index (κ2) is 6.65. The van der Waals surface area contributed by atoms with E-state index in [0.717, 1.165) is 11.1 Å². The molecule has 1 saturated carbocycles. The Kier molecular flexibility index (Phi) is 4.58. The molecule has 0 bridgehead atoms. The molecule has 5 heteroatoms. The molecule has 2 N–H and O–H groups in total. The summed E-state index contributed by atoms with van der Waals surface area (Å²) in [5.74, 6) is -1.28. The van der Waals surface area contributed by atoms with Crippen molar-refractivity contribution >= 4 is 23.5 Å². The van der Waals surface area contributed by atoms with Gasteiger partial charge in [0.25, 0.3) is 0 Å². The Bertz CT molecular complexity index is 756. The maximum Gasteiger partial charge on any atom is 0.326 e. The first-order chi connectivity index (χ1) is 11.5. The molecule has 24 heavy (non-hydrogen) atoms. The Balaban J connectivity index is 1.75. The van der Waals surface area contributed by atoms with Gasteiger partial charge in [0, 0.05) is 11.4 Å². The van der Waals surface area contributed by atoms with Crippen molar-refractivity contribution < 1.29 is 14.7 Å². The van der Waals surface area contributed by atoms with E-state index in [1.54, 1.807) is 12.1 Å². The number of benzene rings is 2. The number of nitrogens with one attached hydrogen (secondary N) is 1. The van der Waals surface area contributed by atoms with Crippen LogP contribution in [-0.2, 0) is 21.4 Å². The SMILES string of the molecule is O=C(O)C(Cc1ccccc1)NC(=O)C1(c2cccc(Cl)c2)CC1. The molecule has 4 nitrogen and oxygen atoms in total. The normalized spacial score (nSPS) is 16.2. The van der Waals surface area contributed by atoms with Gasteiger partial charge in [0.05, 0.1) is 5.41 Å². The predicted molar refractivity (Wildman–Crippen MR) is 92.1 cm³/mol. The molecule has 0 radical (unpaired) electrons. The second-order valence-corrected chi connectivity index (χ2v) is 6.58. The van der Waals surface area contributed by atoms with Crippen LogP contribution in [0.15, 0.2) is 54.6 Å². The largest absolute Gasteiger partial charge is 0.480 e. The molecule has 0 aromatic heterocycles. The van der Waals surface area contributed by atoms with Crippen LogP contribution >= 0.6 is 11.6 Å². The number of hydrogen-bond donors (Lipinski definition) is 2. The third-order valence-electron chi connectivity index (χ3n) is 4.45. The first-order valence-electron chi connectivity index (χ1n) is 7.85. The monoisotopic (exact) mass is 343 g/mol. The van der Waals surface area contributed by atoms with Crippen molar-refractivity contribution in [2.75, 3.05) is 0 Å². The molecule has 1 unspecified atom stereocenters. The maximum absolute atomic E-state index is 12.7. The van der Waals surface area contributed by atoms with Crippen molar-refractivity contribution in [1.82, 2.24) is 5.32 Å². The topological polar surface area (TPSA) is 66.4 Å². The average Bonchev–Trinajstić information content (AvgIpc) is 3.37. The van der Waals surface area contributed by atoms with E-state index in [4.69, 9.17) is 11.6 Å². The van der Waals surface area contributed by atoms with Gasteiger partial charge in [0.1, 0.15) is 6.04 Å². The van der Waals surface area contributed by atoms with Crippen LogP contribution < -0.4 is 5.32 Å². The molecule has 2 aromatic carbocycles. The molecule has 3 rings (SSSR count). The van der Waals surface area contributed by atoms with Gasteiger partial charge in [-0.15, -0.1) is 0 Å². The molecule has 2 aromatic rings. The standard InChI is InChI=1S/C19H18ClNO3/c20-15-8-4-7-14(12-15)19(9-10-19)18(24)21-16(17(22)23)11-13-5-2-1-3-6-13/h1-8,12,16H,9-11H2,(H,21,24)(H,22,23). The predicted octanol–water partition coefficient (Wildman–Crippen LogP) is 3.18. The van der Waals surface area contributed by atoms with Gasteiger partial charge in [-0.25, -0.2) is 4.79 Å². The lowest BCUT2D eigenvalue weighted by Gasteiger charge is -2.20. The molecular weight excluding hydrogens is 326 g/mol. The summed E-state index contributed by atoms with van der Waals surface area (Å²) in [4.78, 5) is 24.3. The van der Waals surface area contributed by atoms with Gasteiger partial charge in [-0.3, -0.25) is 4.79 Å². The number of rotatable bonds is 6. The Labute approximate surface area is 145 Å². The third-order valence-corrected chi connectivity index (χ3v) is 4.68. The summed E-state index contributed by atoms with van der Waals surface area (Å²) >= 11 is 6.02. The highest BCUT2D eigenvalue weighted by Crippen LogP contribution is 2.48. The highest BCUT2D eigenvalue weighted by Gasteiger charge is 2.52. The molecule has 1 atom stereocenters. The number of carbonyl (C=O) groups is 2. The summed E-state index contributed by atoms with van der Waals surface area (Å²) in [6.45, 7) is 0. The lowest BCUT2D eigenvalue weighted by Crippen LogP contribution is -2.46. The smallest absolute Gasteiger partial charge is 0.326 e. The van der Waals surface area contributed by atoms with E-state index < -0.39 is 17.4 Å². The first kappa shape index (κ1) is 16.5. The van der Waals surface area contributed by atoms with Crippen molar-refractivity contribution in [2.24, 2.45) is 0 Å². The van der Waals surface area contributed by atoms with Crippen LogP contribution in [0.25, 0.3) is 0 Å². The number of hydrogen-bond acceptors (Lipinski definition) is 2. The number of carboxylic acids is 1. The highest BCUT2D eigenvalue weighted by molar-refractivity contribution is 6.30. The Morgan fingerprint density at radius 1 is 1.12 bits per heavy atom. The number of carboxylic acid groups (broad SMARTS) is 1. The van der Waals surface area contributed by atoms with Crippen LogP contribution in [0.2, 0.25) is 5.02 Å². The van der Waals surface area contributed by atoms with Crippen LogP contribution in [0.3, 0.4) is 0 Å². The molecule has 0 aliphatic heterocycles. The van der Waals surface area contributed by atoms with Gasteiger partial charge in [-0.1, -0.05) is 54.1 Å². The van der Waals surface area contributed by atoms with Crippen molar-refractivity contribution in [3.63, 3.8) is 0 Å². The van der Waals surface area contributed by atoms with Crippen LogP contribution in [0.1, 0.15) is 24.0 Å². The van der Waals surface area contributed by atoms with Gasteiger partial charge in [-0.05, 0) is 36.1 Å². The van der Waals surface area contributed by atoms with Gasteiger partial charge in [-0.2, -0.15) is 0 Å². The van der Waals surface area contributed by atoms with Gasteiger partial charge in [0.15, 0.2) is 0 Å². The molecular formula is C19H18ClNO3. The maximum atomic E-state index is 12.7. The van der Waals surface area contributed by atoms with E-state index in [0.29, 0.717) is 17.9 Å². The zero-order chi connectivity index (χ0) is 17.2. The van der Waals surface area contributed by atoms with Crippen LogP contribution in [-0.4, -0.2) is 23.0 Å². The summed E-state index contributed by atoms with van der Waals surface area (Å²) < 4.78 is 0. The fraction of sp³-hybridized carbons (Fsp3) is 0.263. The second-order valence-electron chi connectivity index (χ2n) is 6.15. The van der Waals surface area contributed by atoms with E-state index in [1.165, 1.54) is 0 Å². The van der Waals surface area contributed by atoms with E-state index >= 15 is 0 Å². The van der Waals surface area contributed by atoms with E-state index in [1.807, 2.05) is 42.5 Å². The van der Waals surface area contributed by atoms with Crippen molar-refractivity contribution in [3.05, 3.63) is 70.7 Å². The Hall–Kier alpha value is -2.33. The lowest BCUT2D eigenvalue weighted by atomic mass is 9.94. The minimum atomic E-state index is -1.03. The molecule has 1 amide bonds. The molecule has 0 heterocycles. The quantitative estimate of drug-likeness (QED) is 0.846. The molecule has 1 fully saturated rings. The Morgan fingerprint density at radius 3 is 2.42 bits per heavy atom. The third kappa shape index (κ3) is 3.44.